The zero-order valence-electron chi connectivity index (χ0n) is 16.9. The molecule has 0 aromatic carbocycles. The number of pyridine rings is 1. The molecule has 2 unspecified atom stereocenters. The van der Waals surface area contributed by atoms with Crippen molar-refractivity contribution in [2.45, 2.75) is 38.8 Å². The van der Waals surface area contributed by atoms with E-state index in [9.17, 15) is 22.0 Å². The number of alkyl halides is 3. The molecule has 0 saturated heterocycles. The summed E-state index contributed by atoms with van der Waals surface area (Å²) in [6.45, 7) is 4.85. The van der Waals surface area contributed by atoms with Gasteiger partial charge in [-0.2, -0.15) is 13.2 Å². The molecule has 31 heavy (non-hydrogen) atoms. The number of nitrogens with zero attached hydrogens (tertiary/aromatic N) is 3. The second kappa shape index (κ2) is 8.09. The Hall–Kier alpha value is -2.71. The minimum Gasteiger partial charge on any atom is -0.492 e. The third kappa shape index (κ3) is 4.80. The van der Waals surface area contributed by atoms with Gasteiger partial charge in [0, 0.05) is 18.5 Å². The fraction of sp³-hybridized carbons (Fsp3) is 0.455. The smallest absolute Gasteiger partial charge is 0.423 e. The number of ether oxygens (including phenoxy) is 1. The molecule has 2 saturated carbocycles. The van der Waals surface area contributed by atoms with Gasteiger partial charge < -0.3 is 4.74 Å². The molecule has 2 atom stereocenters. The van der Waals surface area contributed by atoms with Crippen LogP contribution in [0.3, 0.4) is 0 Å². The summed E-state index contributed by atoms with van der Waals surface area (Å²) in [4.78, 5) is 0. The van der Waals surface area contributed by atoms with Gasteiger partial charge >= 0.3 is 6.18 Å². The Morgan fingerprint density at radius 3 is 2.65 bits per heavy atom. The van der Waals surface area contributed by atoms with Crippen LogP contribution in [0.15, 0.2) is 48.2 Å². The van der Waals surface area contributed by atoms with E-state index in [1.54, 1.807) is 0 Å². The predicted molar refractivity (Wildman–Crippen MR) is 105 cm³/mol. The summed E-state index contributed by atoms with van der Waals surface area (Å²) in [6, 6.07) is 1.27. The second-order valence-corrected chi connectivity index (χ2v) is 8.22. The number of rotatable bonds is 8. The Balaban J connectivity index is 1.48. The highest BCUT2D eigenvalue weighted by Crippen LogP contribution is 2.47. The van der Waals surface area contributed by atoms with Gasteiger partial charge in [-0.3, -0.25) is 4.40 Å². The number of halogens is 5. The zero-order valence-corrected chi connectivity index (χ0v) is 16.9. The van der Waals surface area contributed by atoms with Crippen LogP contribution in [0.2, 0.25) is 0 Å². The standard InChI is InChI=1S/C22H22F5N3O/c1-12(23)3-6-17(24)13(2)16-10-15(16)11-31-18-7-8-30-19(9-14-4-5-14)28-29-21(30)20(18)22(25,26)27/h3,6-8,14-16H,2,4-5,9-11H2,1H3. The Morgan fingerprint density at radius 1 is 1.26 bits per heavy atom. The lowest BCUT2D eigenvalue weighted by Gasteiger charge is -2.15. The summed E-state index contributed by atoms with van der Waals surface area (Å²) in [5, 5.41) is 7.73. The van der Waals surface area contributed by atoms with E-state index in [2.05, 4.69) is 16.8 Å². The largest absolute Gasteiger partial charge is 0.492 e. The lowest BCUT2D eigenvalue weighted by molar-refractivity contribution is -0.138. The molecule has 2 aliphatic carbocycles. The maximum atomic E-state index is 14.0. The van der Waals surface area contributed by atoms with Crippen LogP contribution in [-0.2, 0) is 12.6 Å². The molecule has 0 spiro atoms. The van der Waals surface area contributed by atoms with E-state index < -0.39 is 23.4 Å². The Labute approximate surface area is 176 Å². The van der Waals surface area contributed by atoms with E-state index in [0.717, 1.165) is 25.0 Å². The fourth-order valence-corrected chi connectivity index (χ4v) is 3.62. The SMILES string of the molecule is C=C(C(F)=CC=C(C)F)C1CC1COc1ccn2c(CC3CC3)nnc2c1C(F)(F)F. The molecular formula is C22H22F5N3O. The van der Waals surface area contributed by atoms with Crippen LogP contribution >= 0.6 is 0 Å². The van der Waals surface area contributed by atoms with Crippen LogP contribution in [0.1, 0.15) is 37.6 Å². The van der Waals surface area contributed by atoms with Crippen LogP contribution in [0, 0.1) is 17.8 Å². The zero-order chi connectivity index (χ0) is 22.3. The molecule has 2 fully saturated rings. The van der Waals surface area contributed by atoms with Gasteiger partial charge in [0.2, 0.25) is 0 Å². The summed E-state index contributed by atoms with van der Waals surface area (Å²) >= 11 is 0. The van der Waals surface area contributed by atoms with Crippen molar-refractivity contribution in [2.75, 3.05) is 6.61 Å². The van der Waals surface area contributed by atoms with Gasteiger partial charge in [-0.05, 0) is 61.8 Å². The van der Waals surface area contributed by atoms with Crippen molar-refractivity contribution in [2.24, 2.45) is 17.8 Å². The van der Waals surface area contributed by atoms with Crippen LogP contribution in [0.25, 0.3) is 5.65 Å². The van der Waals surface area contributed by atoms with Gasteiger partial charge in [0.25, 0.3) is 0 Å². The summed E-state index contributed by atoms with van der Waals surface area (Å²) in [7, 11) is 0. The van der Waals surface area contributed by atoms with Crippen LogP contribution in [0.5, 0.6) is 5.75 Å². The summed E-state index contributed by atoms with van der Waals surface area (Å²) in [5.74, 6) is -0.961. The molecule has 0 radical (unpaired) electrons. The van der Waals surface area contributed by atoms with Crippen molar-refractivity contribution in [3.63, 3.8) is 0 Å². The monoisotopic (exact) mass is 439 g/mol. The average Bonchev–Trinajstić information content (AvgIpc) is 3.61. The summed E-state index contributed by atoms with van der Waals surface area (Å²) in [5.41, 5.74) is -1.05. The van der Waals surface area contributed by atoms with E-state index in [1.807, 2.05) is 0 Å². The van der Waals surface area contributed by atoms with E-state index in [-0.39, 0.29) is 35.4 Å². The molecule has 2 heterocycles. The number of hydrogen-bond donors (Lipinski definition) is 0. The first-order valence-corrected chi connectivity index (χ1v) is 10.1. The first-order chi connectivity index (χ1) is 14.6. The van der Waals surface area contributed by atoms with Crippen LogP contribution < -0.4 is 4.74 Å². The van der Waals surface area contributed by atoms with Crippen molar-refractivity contribution in [3.05, 3.63) is 59.6 Å². The van der Waals surface area contributed by atoms with Gasteiger partial charge in [0.15, 0.2) is 5.65 Å². The summed E-state index contributed by atoms with van der Waals surface area (Å²) < 4.78 is 75.0. The summed E-state index contributed by atoms with van der Waals surface area (Å²) in [6.07, 6.45) is 2.06. The number of aromatic nitrogens is 3. The molecule has 0 N–H and O–H groups in total. The average molecular weight is 439 g/mol. The van der Waals surface area contributed by atoms with Crippen molar-refractivity contribution in [3.8, 4) is 5.75 Å². The highest BCUT2D eigenvalue weighted by Gasteiger charge is 2.43. The van der Waals surface area contributed by atoms with Gasteiger partial charge in [-0.15, -0.1) is 10.2 Å². The Morgan fingerprint density at radius 2 is 2.00 bits per heavy atom. The van der Waals surface area contributed by atoms with E-state index >= 15 is 0 Å². The highest BCUT2D eigenvalue weighted by atomic mass is 19.4. The molecule has 2 aliphatic rings. The highest BCUT2D eigenvalue weighted by molar-refractivity contribution is 5.56. The topological polar surface area (TPSA) is 39.4 Å². The molecular weight excluding hydrogens is 417 g/mol. The van der Waals surface area contributed by atoms with E-state index in [1.165, 1.54) is 23.6 Å². The first kappa shape index (κ1) is 21.5. The number of hydrogen-bond acceptors (Lipinski definition) is 3. The van der Waals surface area contributed by atoms with Crippen molar-refractivity contribution >= 4 is 5.65 Å². The van der Waals surface area contributed by atoms with Crippen LogP contribution in [-0.4, -0.2) is 21.2 Å². The Kier molecular flexibility index (Phi) is 5.61. The van der Waals surface area contributed by atoms with Crippen molar-refractivity contribution in [1.82, 2.24) is 14.6 Å². The maximum absolute atomic E-state index is 14.0. The third-order valence-corrected chi connectivity index (χ3v) is 5.65. The molecule has 4 rings (SSSR count). The normalized spacial score (nSPS) is 22.1. The number of fused-ring (bicyclic) bond motifs is 1. The molecule has 9 heteroatoms. The third-order valence-electron chi connectivity index (χ3n) is 5.65. The maximum Gasteiger partial charge on any atom is 0.423 e. The van der Waals surface area contributed by atoms with Gasteiger partial charge in [0.1, 0.15) is 23.0 Å². The molecule has 2 aromatic rings. The lowest BCUT2D eigenvalue weighted by atomic mass is 10.1. The molecule has 0 aliphatic heterocycles. The van der Waals surface area contributed by atoms with Gasteiger partial charge in [-0.1, -0.05) is 6.58 Å². The fourth-order valence-electron chi connectivity index (χ4n) is 3.62. The van der Waals surface area contributed by atoms with E-state index in [4.69, 9.17) is 4.74 Å². The Bertz CT molecular complexity index is 1060. The van der Waals surface area contributed by atoms with Crippen LogP contribution in [0.4, 0.5) is 22.0 Å². The molecule has 166 valence electrons. The number of allylic oxidation sites excluding steroid dienone is 5. The second-order valence-electron chi connectivity index (χ2n) is 8.22. The predicted octanol–water partition coefficient (Wildman–Crippen LogP) is 6.00. The lowest BCUT2D eigenvalue weighted by Crippen LogP contribution is -2.13. The van der Waals surface area contributed by atoms with Gasteiger partial charge in [0.05, 0.1) is 12.4 Å². The molecule has 4 nitrogen and oxygen atoms in total. The van der Waals surface area contributed by atoms with Gasteiger partial charge in [-0.25, -0.2) is 8.78 Å². The molecule has 0 amide bonds. The minimum absolute atomic E-state index is 0.0166. The van der Waals surface area contributed by atoms with Crippen molar-refractivity contribution < 1.29 is 26.7 Å². The van der Waals surface area contributed by atoms with Crippen molar-refractivity contribution in [1.29, 1.82) is 0 Å². The molecule has 2 aromatic heterocycles. The minimum atomic E-state index is -4.67. The quantitative estimate of drug-likeness (QED) is 0.374. The van der Waals surface area contributed by atoms with E-state index in [0.29, 0.717) is 24.6 Å². The first-order valence-electron chi connectivity index (χ1n) is 10.1. The molecule has 0 bridgehead atoms.